The summed E-state index contributed by atoms with van der Waals surface area (Å²) in [4.78, 5) is 19.3. The number of rotatable bonds is 4. The number of nitrogens with zero attached hydrogens (tertiary/aromatic N) is 2. The lowest BCUT2D eigenvalue weighted by molar-refractivity contribution is 0.0681. The Balaban J connectivity index is 1.75. The molecule has 1 saturated heterocycles. The van der Waals surface area contributed by atoms with Crippen LogP contribution in [0.15, 0.2) is 42.5 Å². The first-order valence-corrected chi connectivity index (χ1v) is 9.08. The van der Waals surface area contributed by atoms with Gasteiger partial charge >= 0.3 is 0 Å². The van der Waals surface area contributed by atoms with Gasteiger partial charge in [0.2, 0.25) is 0 Å². The van der Waals surface area contributed by atoms with Gasteiger partial charge in [0.15, 0.2) is 0 Å². The van der Waals surface area contributed by atoms with Gasteiger partial charge in [-0.25, -0.2) is 4.98 Å². The Labute approximate surface area is 148 Å². The molecule has 1 aliphatic heterocycles. The van der Waals surface area contributed by atoms with Crippen molar-refractivity contribution < 1.29 is 4.79 Å². The Kier molecular flexibility index (Phi) is 5.52. The van der Waals surface area contributed by atoms with Crippen LogP contribution in [0.5, 0.6) is 0 Å². The lowest BCUT2D eigenvalue weighted by Gasteiger charge is -2.31. The van der Waals surface area contributed by atoms with E-state index in [4.69, 9.17) is 11.6 Å². The summed E-state index contributed by atoms with van der Waals surface area (Å²) in [5, 5.41) is 0.648. The molecule has 1 fully saturated rings. The molecule has 0 bridgehead atoms. The predicted molar refractivity (Wildman–Crippen MR) is 98.2 cm³/mol. The number of carbonyl (C=O) groups excluding carboxylic acids is 1. The molecule has 1 aromatic heterocycles. The molecule has 0 spiro atoms. The third-order valence-electron chi connectivity index (χ3n) is 4.72. The van der Waals surface area contributed by atoms with Gasteiger partial charge in [-0.1, -0.05) is 55.6 Å². The fraction of sp³-hybridized carbons (Fsp3) is 0.400. The number of benzene rings is 1. The molecule has 4 heteroatoms. The number of aromatic nitrogens is 1. The molecule has 0 radical (unpaired) electrons. The van der Waals surface area contributed by atoms with Crippen LogP contribution in [-0.4, -0.2) is 28.9 Å². The van der Waals surface area contributed by atoms with E-state index in [1.165, 1.54) is 12.8 Å². The summed E-state index contributed by atoms with van der Waals surface area (Å²) < 4.78 is 0. The van der Waals surface area contributed by atoms with Gasteiger partial charge in [-0.3, -0.25) is 4.79 Å². The molecule has 0 N–H and O–H groups in total. The number of hydrogen-bond donors (Lipinski definition) is 0. The van der Waals surface area contributed by atoms with E-state index in [0.29, 0.717) is 10.7 Å². The maximum absolute atomic E-state index is 12.8. The third kappa shape index (κ3) is 3.78. The monoisotopic (exact) mass is 342 g/mol. The van der Waals surface area contributed by atoms with Crippen LogP contribution >= 0.6 is 11.6 Å². The fourth-order valence-corrected chi connectivity index (χ4v) is 3.60. The van der Waals surface area contributed by atoms with Crippen molar-refractivity contribution in [2.75, 3.05) is 13.1 Å². The highest BCUT2D eigenvalue weighted by Crippen LogP contribution is 2.27. The van der Waals surface area contributed by atoms with Gasteiger partial charge < -0.3 is 4.90 Å². The highest BCUT2D eigenvalue weighted by atomic mass is 35.5. The standard InChI is InChI=1S/C20H23ClN2O/c1-2-6-15-11-13-23(14-12-15)20(24)19-10-5-9-18(22-19)16-7-3-4-8-17(16)21/h3-5,7-10,15H,2,6,11-14H2,1H3. The van der Waals surface area contributed by atoms with E-state index in [1.807, 2.05) is 41.3 Å². The van der Waals surface area contributed by atoms with Crippen LogP contribution < -0.4 is 0 Å². The minimum absolute atomic E-state index is 0.0267. The van der Waals surface area contributed by atoms with Crippen molar-refractivity contribution in [2.45, 2.75) is 32.6 Å². The minimum atomic E-state index is 0.0267. The largest absolute Gasteiger partial charge is 0.337 e. The van der Waals surface area contributed by atoms with E-state index in [0.717, 1.165) is 43.1 Å². The van der Waals surface area contributed by atoms with Crippen molar-refractivity contribution in [3.05, 3.63) is 53.2 Å². The first-order valence-electron chi connectivity index (χ1n) is 8.70. The molecular weight excluding hydrogens is 320 g/mol. The molecule has 2 heterocycles. The second kappa shape index (κ2) is 7.80. The van der Waals surface area contributed by atoms with Gasteiger partial charge in [-0.2, -0.15) is 0 Å². The number of halogens is 1. The summed E-state index contributed by atoms with van der Waals surface area (Å²) in [7, 11) is 0. The third-order valence-corrected chi connectivity index (χ3v) is 5.05. The molecule has 3 rings (SSSR count). The maximum atomic E-state index is 12.8. The van der Waals surface area contributed by atoms with Crippen LogP contribution in [0.4, 0.5) is 0 Å². The van der Waals surface area contributed by atoms with Crippen molar-refractivity contribution in [1.82, 2.24) is 9.88 Å². The van der Waals surface area contributed by atoms with Crippen LogP contribution in [0.1, 0.15) is 43.1 Å². The van der Waals surface area contributed by atoms with Crippen molar-refractivity contribution in [1.29, 1.82) is 0 Å². The Bertz CT molecular complexity index is 708. The van der Waals surface area contributed by atoms with Gasteiger partial charge in [0, 0.05) is 23.7 Å². The molecule has 24 heavy (non-hydrogen) atoms. The summed E-state index contributed by atoms with van der Waals surface area (Å²) in [5.41, 5.74) is 2.10. The van der Waals surface area contributed by atoms with E-state index < -0.39 is 0 Å². The molecule has 0 unspecified atom stereocenters. The fourth-order valence-electron chi connectivity index (χ4n) is 3.37. The summed E-state index contributed by atoms with van der Waals surface area (Å²) in [6.45, 7) is 3.89. The maximum Gasteiger partial charge on any atom is 0.272 e. The first-order chi connectivity index (χ1) is 11.7. The summed E-state index contributed by atoms with van der Waals surface area (Å²) >= 11 is 6.25. The number of hydrogen-bond acceptors (Lipinski definition) is 2. The van der Waals surface area contributed by atoms with Crippen LogP contribution in [0.25, 0.3) is 11.3 Å². The van der Waals surface area contributed by atoms with Gasteiger partial charge in [-0.15, -0.1) is 0 Å². The summed E-state index contributed by atoms with van der Waals surface area (Å²) in [6, 6.07) is 13.1. The zero-order chi connectivity index (χ0) is 16.9. The van der Waals surface area contributed by atoms with E-state index in [9.17, 15) is 4.79 Å². The average Bonchev–Trinajstić information content (AvgIpc) is 2.62. The minimum Gasteiger partial charge on any atom is -0.337 e. The van der Waals surface area contributed by atoms with Crippen molar-refractivity contribution in [3.8, 4) is 11.3 Å². The molecule has 0 saturated carbocycles. The second-order valence-electron chi connectivity index (χ2n) is 6.41. The lowest BCUT2D eigenvalue weighted by atomic mass is 9.92. The van der Waals surface area contributed by atoms with Crippen molar-refractivity contribution in [3.63, 3.8) is 0 Å². The van der Waals surface area contributed by atoms with Crippen LogP contribution in [0, 0.1) is 5.92 Å². The Morgan fingerprint density at radius 2 is 1.92 bits per heavy atom. The summed E-state index contributed by atoms with van der Waals surface area (Å²) in [6.07, 6.45) is 4.69. The molecule has 3 nitrogen and oxygen atoms in total. The molecule has 0 atom stereocenters. The summed E-state index contributed by atoms with van der Waals surface area (Å²) in [5.74, 6) is 0.792. The number of likely N-dealkylation sites (tertiary alicyclic amines) is 1. The van der Waals surface area contributed by atoms with E-state index >= 15 is 0 Å². The van der Waals surface area contributed by atoms with E-state index in [1.54, 1.807) is 6.07 Å². The zero-order valence-corrected chi connectivity index (χ0v) is 14.8. The molecule has 1 aromatic carbocycles. The van der Waals surface area contributed by atoms with E-state index in [2.05, 4.69) is 11.9 Å². The van der Waals surface area contributed by atoms with Crippen molar-refractivity contribution in [2.24, 2.45) is 5.92 Å². The lowest BCUT2D eigenvalue weighted by Crippen LogP contribution is -2.38. The zero-order valence-electron chi connectivity index (χ0n) is 14.0. The quantitative estimate of drug-likeness (QED) is 0.778. The van der Waals surface area contributed by atoms with Crippen LogP contribution in [0.3, 0.4) is 0 Å². The predicted octanol–water partition coefficient (Wildman–Crippen LogP) is 5.05. The molecule has 2 aromatic rings. The Morgan fingerprint density at radius 3 is 2.62 bits per heavy atom. The highest BCUT2D eigenvalue weighted by Gasteiger charge is 2.24. The number of amides is 1. The number of carbonyl (C=O) groups is 1. The van der Waals surface area contributed by atoms with Crippen LogP contribution in [-0.2, 0) is 0 Å². The second-order valence-corrected chi connectivity index (χ2v) is 6.82. The molecule has 126 valence electrons. The van der Waals surface area contributed by atoms with Gasteiger partial charge in [-0.05, 0) is 37.0 Å². The highest BCUT2D eigenvalue weighted by molar-refractivity contribution is 6.33. The molecule has 1 aliphatic rings. The Hall–Kier alpha value is -1.87. The normalized spacial score (nSPS) is 15.5. The first kappa shape index (κ1) is 17.0. The van der Waals surface area contributed by atoms with Crippen LogP contribution in [0.2, 0.25) is 5.02 Å². The smallest absolute Gasteiger partial charge is 0.272 e. The van der Waals surface area contributed by atoms with E-state index in [-0.39, 0.29) is 5.91 Å². The average molecular weight is 343 g/mol. The SMILES string of the molecule is CCCC1CCN(C(=O)c2cccc(-c3ccccc3Cl)n2)CC1. The number of pyridine rings is 1. The molecule has 1 amide bonds. The van der Waals surface area contributed by atoms with Crippen molar-refractivity contribution >= 4 is 17.5 Å². The topological polar surface area (TPSA) is 33.2 Å². The number of piperidine rings is 1. The molecule has 0 aliphatic carbocycles. The molecular formula is C20H23ClN2O. The van der Waals surface area contributed by atoms with Gasteiger partial charge in [0.25, 0.3) is 5.91 Å². The van der Waals surface area contributed by atoms with Gasteiger partial charge in [0.05, 0.1) is 5.69 Å². The van der Waals surface area contributed by atoms with Gasteiger partial charge in [0.1, 0.15) is 5.69 Å². The Morgan fingerprint density at radius 1 is 1.17 bits per heavy atom.